The number of carbonyl (C=O) groups excluding carboxylic acids is 1. The zero-order valence-corrected chi connectivity index (χ0v) is 12.8. The highest BCUT2D eigenvalue weighted by atomic mass is 16.3. The van der Waals surface area contributed by atoms with Crippen LogP contribution in [0, 0.1) is 13.8 Å². The van der Waals surface area contributed by atoms with Crippen molar-refractivity contribution in [3.05, 3.63) is 53.6 Å². The Morgan fingerprint density at radius 2 is 2.14 bits per heavy atom. The molecule has 5 heteroatoms. The summed E-state index contributed by atoms with van der Waals surface area (Å²) in [7, 11) is 0. The molecule has 0 bridgehead atoms. The molecule has 3 rings (SSSR count). The van der Waals surface area contributed by atoms with Gasteiger partial charge in [-0.3, -0.25) is 9.48 Å². The Morgan fingerprint density at radius 3 is 2.91 bits per heavy atom. The highest BCUT2D eigenvalue weighted by molar-refractivity contribution is 5.80. The van der Waals surface area contributed by atoms with E-state index < -0.39 is 0 Å². The molecule has 2 aromatic heterocycles. The third-order valence-corrected chi connectivity index (χ3v) is 3.61. The lowest BCUT2D eigenvalue weighted by atomic mass is 10.2. The van der Waals surface area contributed by atoms with Crippen LogP contribution < -0.4 is 5.32 Å². The molecule has 0 aliphatic carbocycles. The number of aryl methyl sites for hydroxylation is 3. The molecule has 0 atom stereocenters. The van der Waals surface area contributed by atoms with Crippen molar-refractivity contribution in [1.29, 1.82) is 0 Å². The molecule has 1 aromatic carbocycles. The zero-order chi connectivity index (χ0) is 15.5. The van der Waals surface area contributed by atoms with Gasteiger partial charge in [0.15, 0.2) is 0 Å². The molecule has 0 aliphatic heterocycles. The second kappa shape index (κ2) is 6.05. The molecule has 0 fully saturated rings. The molecule has 5 nitrogen and oxygen atoms in total. The summed E-state index contributed by atoms with van der Waals surface area (Å²) in [6.45, 7) is 4.92. The lowest BCUT2D eigenvalue weighted by Crippen LogP contribution is -2.23. The molecule has 0 spiro atoms. The molecule has 1 N–H and O–H groups in total. The topological polar surface area (TPSA) is 60.1 Å². The fourth-order valence-electron chi connectivity index (χ4n) is 2.42. The van der Waals surface area contributed by atoms with E-state index in [0.717, 1.165) is 22.4 Å². The Morgan fingerprint density at radius 1 is 1.27 bits per heavy atom. The Hall–Kier alpha value is -2.56. The number of hydrogen-bond acceptors (Lipinski definition) is 3. The van der Waals surface area contributed by atoms with Gasteiger partial charge in [0.25, 0.3) is 0 Å². The van der Waals surface area contributed by atoms with Crippen molar-refractivity contribution < 1.29 is 9.21 Å². The van der Waals surface area contributed by atoms with Crippen molar-refractivity contribution in [2.45, 2.75) is 33.4 Å². The van der Waals surface area contributed by atoms with Crippen LogP contribution in [0.2, 0.25) is 0 Å². The SMILES string of the molecule is Cc1ccc2cnn(CCC(=O)NCc3ccc(C)o3)c2c1. The maximum absolute atomic E-state index is 11.9. The number of nitrogens with one attached hydrogen (secondary N) is 1. The van der Waals surface area contributed by atoms with E-state index in [4.69, 9.17) is 4.42 Å². The number of benzene rings is 1. The van der Waals surface area contributed by atoms with Crippen LogP contribution in [0.25, 0.3) is 10.9 Å². The lowest BCUT2D eigenvalue weighted by molar-refractivity contribution is -0.121. The first-order chi connectivity index (χ1) is 10.6. The van der Waals surface area contributed by atoms with Crippen molar-refractivity contribution in [1.82, 2.24) is 15.1 Å². The first-order valence-electron chi connectivity index (χ1n) is 7.36. The second-order valence-corrected chi connectivity index (χ2v) is 5.47. The number of rotatable bonds is 5. The number of aromatic nitrogens is 2. The minimum absolute atomic E-state index is 0.00893. The molecule has 114 valence electrons. The van der Waals surface area contributed by atoms with Crippen LogP contribution in [-0.2, 0) is 17.9 Å². The Bertz CT molecular complexity index is 801. The van der Waals surface area contributed by atoms with Crippen LogP contribution in [0.3, 0.4) is 0 Å². The second-order valence-electron chi connectivity index (χ2n) is 5.47. The lowest BCUT2D eigenvalue weighted by Gasteiger charge is -2.05. The highest BCUT2D eigenvalue weighted by Gasteiger charge is 2.07. The zero-order valence-electron chi connectivity index (χ0n) is 12.8. The van der Waals surface area contributed by atoms with Gasteiger partial charge < -0.3 is 9.73 Å². The summed E-state index contributed by atoms with van der Waals surface area (Å²) in [4.78, 5) is 11.9. The van der Waals surface area contributed by atoms with Gasteiger partial charge in [-0.25, -0.2) is 0 Å². The first-order valence-corrected chi connectivity index (χ1v) is 7.36. The van der Waals surface area contributed by atoms with Gasteiger partial charge in [0.2, 0.25) is 5.91 Å². The van der Waals surface area contributed by atoms with Crippen LogP contribution >= 0.6 is 0 Å². The van der Waals surface area contributed by atoms with E-state index in [1.165, 1.54) is 5.56 Å². The summed E-state index contributed by atoms with van der Waals surface area (Å²) in [6, 6.07) is 9.96. The van der Waals surface area contributed by atoms with Gasteiger partial charge >= 0.3 is 0 Å². The summed E-state index contributed by atoms with van der Waals surface area (Å²) in [5, 5.41) is 8.30. The van der Waals surface area contributed by atoms with Crippen molar-refractivity contribution in [2.75, 3.05) is 0 Å². The summed E-state index contributed by atoms with van der Waals surface area (Å²) in [6.07, 6.45) is 2.22. The largest absolute Gasteiger partial charge is 0.465 e. The van der Waals surface area contributed by atoms with Crippen LogP contribution in [-0.4, -0.2) is 15.7 Å². The van der Waals surface area contributed by atoms with Gasteiger partial charge in [0.1, 0.15) is 11.5 Å². The molecular formula is C17H19N3O2. The Balaban J connectivity index is 1.57. The van der Waals surface area contributed by atoms with Crippen LogP contribution in [0.5, 0.6) is 0 Å². The molecule has 22 heavy (non-hydrogen) atoms. The summed E-state index contributed by atoms with van der Waals surface area (Å²) in [5.74, 6) is 1.61. The van der Waals surface area contributed by atoms with Crippen molar-refractivity contribution in [3.8, 4) is 0 Å². The summed E-state index contributed by atoms with van der Waals surface area (Å²) >= 11 is 0. The summed E-state index contributed by atoms with van der Waals surface area (Å²) < 4.78 is 7.30. The molecule has 0 saturated heterocycles. The average molecular weight is 297 g/mol. The van der Waals surface area contributed by atoms with E-state index in [1.54, 1.807) is 0 Å². The van der Waals surface area contributed by atoms with E-state index in [2.05, 4.69) is 29.5 Å². The van der Waals surface area contributed by atoms with Gasteiger partial charge in [0.05, 0.1) is 24.8 Å². The molecule has 0 aliphatic rings. The molecule has 3 aromatic rings. The van der Waals surface area contributed by atoms with Crippen LogP contribution in [0.1, 0.15) is 23.5 Å². The van der Waals surface area contributed by atoms with Crippen molar-refractivity contribution in [2.24, 2.45) is 0 Å². The van der Waals surface area contributed by atoms with Gasteiger partial charge in [0, 0.05) is 11.8 Å². The van der Waals surface area contributed by atoms with Crippen molar-refractivity contribution in [3.63, 3.8) is 0 Å². The number of furan rings is 1. The molecule has 0 saturated carbocycles. The minimum atomic E-state index is -0.00893. The predicted octanol–water partition coefficient (Wildman–Crippen LogP) is 2.95. The number of carbonyl (C=O) groups is 1. The molecule has 1 amide bonds. The third kappa shape index (κ3) is 3.19. The number of hydrogen-bond donors (Lipinski definition) is 1. The van der Waals surface area contributed by atoms with Gasteiger partial charge in [-0.2, -0.15) is 5.10 Å². The number of amides is 1. The standard InChI is InChI=1S/C17H19N3O2/c1-12-3-5-14-10-19-20(16(14)9-12)8-7-17(21)18-11-15-6-4-13(2)22-15/h3-6,9-10H,7-8,11H2,1-2H3,(H,18,21). The van der Waals surface area contributed by atoms with E-state index in [9.17, 15) is 4.79 Å². The first kappa shape index (κ1) is 14.4. The molecule has 2 heterocycles. The molecule has 0 unspecified atom stereocenters. The quantitative estimate of drug-likeness (QED) is 0.787. The van der Waals surface area contributed by atoms with Crippen LogP contribution in [0.15, 0.2) is 40.9 Å². The molecule has 0 radical (unpaired) electrons. The third-order valence-electron chi connectivity index (χ3n) is 3.61. The van der Waals surface area contributed by atoms with Gasteiger partial charge in [-0.05, 0) is 37.6 Å². The normalized spacial score (nSPS) is 11.0. The minimum Gasteiger partial charge on any atom is -0.465 e. The molecular weight excluding hydrogens is 278 g/mol. The van der Waals surface area contributed by atoms with Gasteiger partial charge in [-0.1, -0.05) is 12.1 Å². The smallest absolute Gasteiger partial charge is 0.222 e. The fraction of sp³-hybridized carbons (Fsp3) is 0.294. The predicted molar refractivity (Wildman–Crippen MR) is 84.4 cm³/mol. The fourth-order valence-corrected chi connectivity index (χ4v) is 2.42. The average Bonchev–Trinajstić information content (AvgIpc) is 3.09. The van der Waals surface area contributed by atoms with Crippen LogP contribution in [0.4, 0.5) is 0 Å². The maximum Gasteiger partial charge on any atom is 0.222 e. The van der Waals surface area contributed by atoms with E-state index in [0.29, 0.717) is 19.5 Å². The highest BCUT2D eigenvalue weighted by Crippen LogP contribution is 2.15. The maximum atomic E-state index is 11.9. The van der Waals surface area contributed by atoms with Crippen molar-refractivity contribution >= 4 is 16.8 Å². The van der Waals surface area contributed by atoms with Gasteiger partial charge in [-0.15, -0.1) is 0 Å². The number of fused-ring (bicyclic) bond motifs is 1. The van der Waals surface area contributed by atoms with E-state index in [-0.39, 0.29) is 5.91 Å². The van der Waals surface area contributed by atoms with E-state index in [1.807, 2.05) is 36.0 Å². The Kier molecular flexibility index (Phi) is 3.96. The Labute approximate surface area is 128 Å². The summed E-state index contributed by atoms with van der Waals surface area (Å²) in [5.41, 5.74) is 2.25. The van der Waals surface area contributed by atoms with E-state index >= 15 is 0 Å². The monoisotopic (exact) mass is 297 g/mol. The number of nitrogens with zero attached hydrogens (tertiary/aromatic N) is 2.